The third-order valence-corrected chi connectivity index (χ3v) is 5.88. The summed E-state index contributed by atoms with van der Waals surface area (Å²) >= 11 is 0. The minimum Gasteiger partial charge on any atom is -0.481 e. The van der Waals surface area contributed by atoms with Crippen molar-refractivity contribution < 1.29 is 18.7 Å². The lowest BCUT2D eigenvalue weighted by molar-refractivity contribution is -0.145. The topological polar surface area (TPSA) is 99.2 Å². The molecule has 2 heterocycles. The lowest BCUT2D eigenvalue weighted by Gasteiger charge is -2.16. The van der Waals surface area contributed by atoms with E-state index in [2.05, 4.69) is 5.10 Å². The third-order valence-electron chi connectivity index (χ3n) is 5.88. The van der Waals surface area contributed by atoms with Crippen LogP contribution in [0.4, 0.5) is 5.69 Å². The second-order valence-corrected chi connectivity index (χ2v) is 8.67. The lowest BCUT2D eigenvalue weighted by Crippen LogP contribution is -2.20. The number of para-hydroxylation sites is 2. The molecule has 0 bridgehead atoms. The summed E-state index contributed by atoms with van der Waals surface area (Å²) in [6.45, 7) is 1.74. The Morgan fingerprint density at radius 1 is 1.08 bits per heavy atom. The van der Waals surface area contributed by atoms with Crippen LogP contribution in [0.5, 0.6) is 5.75 Å². The van der Waals surface area contributed by atoms with E-state index in [0.717, 1.165) is 11.1 Å². The number of fused-ring (bicyclic) bond motifs is 2. The summed E-state index contributed by atoms with van der Waals surface area (Å²) in [5.41, 5.74) is 2.30. The van der Waals surface area contributed by atoms with Gasteiger partial charge in [0.2, 0.25) is 5.82 Å². The number of esters is 1. The first-order valence-electron chi connectivity index (χ1n) is 12.1. The molecule has 192 valence electrons. The number of benzene rings is 3. The second kappa shape index (κ2) is 10.6. The Balaban J connectivity index is 1.61. The van der Waals surface area contributed by atoms with Crippen molar-refractivity contribution in [1.29, 1.82) is 0 Å². The number of nitrogens with zero attached hydrogens (tertiary/aromatic N) is 4. The van der Waals surface area contributed by atoms with Crippen molar-refractivity contribution in [1.82, 2.24) is 9.66 Å². The molecule has 5 aromatic rings. The fourth-order valence-electron chi connectivity index (χ4n) is 3.97. The Morgan fingerprint density at radius 3 is 2.66 bits per heavy atom. The molecule has 0 atom stereocenters. The number of hydrogen-bond acceptors (Lipinski definition) is 8. The van der Waals surface area contributed by atoms with Crippen molar-refractivity contribution in [3.05, 3.63) is 88.7 Å². The average molecular weight is 511 g/mol. The molecule has 9 heteroatoms. The zero-order valence-corrected chi connectivity index (χ0v) is 21.2. The predicted molar refractivity (Wildman–Crippen MR) is 147 cm³/mol. The first kappa shape index (κ1) is 24.8. The number of hydrogen-bond donors (Lipinski definition) is 0. The Hall–Kier alpha value is -4.92. The molecule has 0 unspecified atom stereocenters. The molecule has 0 aliphatic heterocycles. The average Bonchev–Trinajstić information content (AvgIpc) is 3.36. The highest BCUT2D eigenvalue weighted by Crippen LogP contribution is 2.28. The lowest BCUT2D eigenvalue weighted by atomic mass is 10.2. The van der Waals surface area contributed by atoms with Gasteiger partial charge < -0.3 is 18.8 Å². The van der Waals surface area contributed by atoms with Crippen molar-refractivity contribution >= 4 is 39.7 Å². The van der Waals surface area contributed by atoms with Gasteiger partial charge in [-0.2, -0.15) is 9.78 Å². The maximum absolute atomic E-state index is 13.5. The molecule has 0 amide bonds. The van der Waals surface area contributed by atoms with Crippen LogP contribution in [0.15, 0.2) is 87.1 Å². The minimum atomic E-state index is -0.479. The van der Waals surface area contributed by atoms with Crippen LogP contribution in [0, 0.1) is 0 Å². The molecule has 0 N–H and O–H groups in total. The number of anilines is 1. The van der Waals surface area contributed by atoms with Crippen LogP contribution in [-0.4, -0.2) is 49.2 Å². The van der Waals surface area contributed by atoms with Crippen LogP contribution in [0.25, 0.3) is 33.5 Å². The van der Waals surface area contributed by atoms with Gasteiger partial charge in [-0.1, -0.05) is 30.3 Å². The molecule has 0 aliphatic carbocycles. The smallest absolute Gasteiger partial charge is 0.344 e. The van der Waals surface area contributed by atoms with E-state index in [1.54, 1.807) is 37.3 Å². The van der Waals surface area contributed by atoms with Crippen molar-refractivity contribution in [3.8, 4) is 17.3 Å². The molecule has 5 rings (SSSR count). The molecular formula is C29H26N4O5. The summed E-state index contributed by atoms with van der Waals surface area (Å²) < 4.78 is 18.0. The summed E-state index contributed by atoms with van der Waals surface area (Å²) in [6.07, 6.45) is 1.50. The van der Waals surface area contributed by atoms with E-state index in [4.69, 9.17) is 18.9 Å². The fourth-order valence-corrected chi connectivity index (χ4v) is 3.97. The van der Waals surface area contributed by atoms with Crippen LogP contribution < -0.4 is 15.2 Å². The van der Waals surface area contributed by atoms with E-state index in [1.165, 1.54) is 10.9 Å². The van der Waals surface area contributed by atoms with E-state index in [9.17, 15) is 9.59 Å². The molecule has 0 saturated carbocycles. The Bertz CT molecular complexity index is 1680. The number of carbonyl (C=O) groups is 1. The molecule has 2 aromatic heterocycles. The van der Waals surface area contributed by atoms with E-state index >= 15 is 0 Å². The maximum Gasteiger partial charge on any atom is 0.344 e. The highest BCUT2D eigenvalue weighted by atomic mass is 16.6. The zero-order valence-electron chi connectivity index (χ0n) is 21.2. The molecule has 38 heavy (non-hydrogen) atoms. The SMILES string of the molecule is CCOC(=O)COc1cc(N(C)C)ccc1C=Nn1c(-c2cc3ccccc3o2)nc2ccccc2c1=O. The molecule has 0 spiro atoms. The Kier molecular flexibility index (Phi) is 6.90. The van der Waals surface area contributed by atoms with Crippen molar-refractivity contribution in [2.24, 2.45) is 5.10 Å². The van der Waals surface area contributed by atoms with Gasteiger partial charge >= 0.3 is 5.97 Å². The van der Waals surface area contributed by atoms with Crippen LogP contribution in [0.2, 0.25) is 0 Å². The quantitative estimate of drug-likeness (QED) is 0.220. The Morgan fingerprint density at radius 2 is 1.87 bits per heavy atom. The number of carbonyl (C=O) groups excluding carboxylic acids is 1. The van der Waals surface area contributed by atoms with Gasteiger partial charge in [0.15, 0.2) is 12.4 Å². The van der Waals surface area contributed by atoms with E-state index in [1.807, 2.05) is 61.5 Å². The van der Waals surface area contributed by atoms with Crippen LogP contribution in [0.3, 0.4) is 0 Å². The van der Waals surface area contributed by atoms with Gasteiger partial charge in [0.25, 0.3) is 5.56 Å². The van der Waals surface area contributed by atoms with Crippen molar-refractivity contribution in [2.75, 3.05) is 32.2 Å². The van der Waals surface area contributed by atoms with Gasteiger partial charge in [0, 0.05) is 36.8 Å². The van der Waals surface area contributed by atoms with E-state index < -0.39 is 5.97 Å². The molecule has 0 fully saturated rings. The second-order valence-electron chi connectivity index (χ2n) is 8.67. The molecule has 9 nitrogen and oxygen atoms in total. The number of aromatic nitrogens is 2. The van der Waals surface area contributed by atoms with Crippen LogP contribution in [-0.2, 0) is 9.53 Å². The predicted octanol–water partition coefficient (Wildman–Crippen LogP) is 4.70. The van der Waals surface area contributed by atoms with E-state index in [-0.39, 0.29) is 24.6 Å². The Labute approximate surface area is 218 Å². The monoisotopic (exact) mass is 510 g/mol. The summed E-state index contributed by atoms with van der Waals surface area (Å²) in [5, 5.41) is 5.82. The van der Waals surface area contributed by atoms with Gasteiger partial charge in [-0.05, 0) is 43.3 Å². The molecular weight excluding hydrogens is 484 g/mol. The first-order valence-corrected chi connectivity index (χ1v) is 12.1. The third kappa shape index (κ3) is 4.99. The van der Waals surface area contributed by atoms with Crippen LogP contribution in [0.1, 0.15) is 12.5 Å². The van der Waals surface area contributed by atoms with Gasteiger partial charge in [0.1, 0.15) is 11.3 Å². The number of rotatable bonds is 8. The molecule has 3 aromatic carbocycles. The van der Waals surface area contributed by atoms with Gasteiger partial charge in [0.05, 0.1) is 23.7 Å². The highest BCUT2D eigenvalue weighted by Gasteiger charge is 2.17. The summed E-state index contributed by atoms with van der Waals surface area (Å²) in [4.78, 5) is 32.1. The first-order chi connectivity index (χ1) is 18.4. The number of furan rings is 1. The molecule has 0 aliphatic rings. The molecule has 0 saturated heterocycles. The van der Waals surface area contributed by atoms with Crippen LogP contribution >= 0.6 is 0 Å². The maximum atomic E-state index is 13.5. The van der Waals surface area contributed by atoms with Crippen molar-refractivity contribution in [2.45, 2.75) is 6.92 Å². The number of ether oxygens (including phenoxy) is 2. The highest BCUT2D eigenvalue weighted by molar-refractivity contribution is 5.87. The fraction of sp³-hybridized carbons (Fsp3) is 0.172. The summed E-state index contributed by atoms with van der Waals surface area (Å²) in [6, 6.07) is 22.0. The molecule has 0 radical (unpaired) electrons. The summed E-state index contributed by atoms with van der Waals surface area (Å²) in [7, 11) is 3.80. The van der Waals surface area contributed by atoms with Gasteiger partial charge in [-0.15, -0.1) is 0 Å². The zero-order chi connectivity index (χ0) is 26.6. The van der Waals surface area contributed by atoms with E-state index in [0.29, 0.717) is 33.6 Å². The largest absolute Gasteiger partial charge is 0.481 e. The minimum absolute atomic E-state index is 0.257. The van der Waals surface area contributed by atoms with Crippen molar-refractivity contribution in [3.63, 3.8) is 0 Å². The standard InChI is InChI=1S/C29H26N4O5/c1-4-36-27(34)18-37-25-16-21(32(2)3)14-13-20(25)17-30-33-28(26-15-19-9-5-8-12-24(19)38-26)31-23-11-7-6-10-22(23)29(33)35/h5-17H,4,18H2,1-3H3. The summed E-state index contributed by atoms with van der Waals surface area (Å²) in [5.74, 6) is 0.612. The van der Waals surface area contributed by atoms with Gasteiger partial charge in [-0.25, -0.2) is 9.78 Å². The normalized spacial score (nSPS) is 11.3. The van der Waals surface area contributed by atoms with Gasteiger partial charge in [-0.3, -0.25) is 4.79 Å².